The summed E-state index contributed by atoms with van der Waals surface area (Å²) in [7, 11) is 1.86. The van der Waals surface area contributed by atoms with Gasteiger partial charge in [-0.2, -0.15) is 5.10 Å². The van der Waals surface area contributed by atoms with Gasteiger partial charge in [0.25, 0.3) is 5.91 Å². The van der Waals surface area contributed by atoms with Crippen molar-refractivity contribution < 1.29 is 9.53 Å². The van der Waals surface area contributed by atoms with E-state index in [1.54, 1.807) is 16.3 Å². The Labute approximate surface area is 172 Å². The fourth-order valence-corrected chi connectivity index (χ4v) is 4.50. The quantitative estimate of drug-likeness (QED) is 0.688. The van der Waals surface area contributed by atoms with Gasteiger partial charge in [-0.05, 0) is 30.5 Å². The Bertz CT molecular complexity index is 978. The molecule has 0 unspecified atom stereocenters. The lowest BCUT2D eigenvalue weighted by Crippen LogP contribution is -2.44. The Morgan fingerprint density at radius 3 is 2.93 bits per heavy atom. The number of ether oxygens (including phenoxy) is 1. The second-order valence-corrected chi connectivity index (χ2v) is 8.32. The fourth-order valence-electron chi connectivity index (χ4n) is 3.53. The van der Waals surface area contributed by atoms with Crippen LogP contribution in [0.3, 0.4) is 0 Å². The van der Waals surface area contributed by atoms with E-state index in [0.29, 0.717) is 30.5 Å². The Morgan fingerprint density at radius 2 is 2.21 bits per heavy atom. The van der Waals surface area contributed by atoms with Gasteiger partial charge in [0, 0.05) is 54.4 Å². The number of halogens is 1. The molecule has 1 amide bonds. The van der Waals surface area contributed by atoms with Gasteiger partial charge in [-0.15, -0.1) is 11.3 Å². The average molecular weight is 417 g/mol. The molecule has 0 radical (unpaired) electrons. The number of thiazole rings is 1. The van der Waals surface area contributed by atoms with Gasteiger partial charge in [0.2, 0.25) is 0 Å². The molecule has 1 aliphatic heterocycles. The maximum absolute atomic E-state index is 12.7. The summed E-state index contributed by atoms with van der Waals surface area (Å²) in [4.78, 5) is 17.2. The summed E-state index contributed by atoms with van der Waals surface area (Å²) in [5.41, 5.74) is 2.29. The zero-order chi connectivity index (χ0) is 19.6. The summed E-state index contributed by atoms with van der Waals surface area (Å²) in [5, 5.41) is 10.5. The van der Waals surface area contributed by atoms with Crippen LogP contribution in [0.2, 0.25) is 5.02 Å². The van der Waals surface area contributed by atoms with Crippen LogP contribution in [0, 0.1) is 0 Å². The molecule has 6 nitrogen and oxygen atoms in total. The van der Waals surface area contributed by atoms with E-state index in [0.717, 1.165) is 29.0 Å². The first-order valence-corrected chi connectivity index (χ1v) is 10.4. The lowest BCUT2D eigenvalue weighted by atomic mass is 9.74. The molecule has 0 atom stereocenters. The maximum Gasteiger partial charge on any atom is 0.270 e. The summed E-state index contributed by atoms with van der Waals surface area (Å²) < 4.78 is 7.28. The van der Waals surface area contributed by atoms with Crippen molar-refractivity contribution in [3.63, 3.8) is 0 Å². The molecule has 1 fully saturated rings. The molecule has 1 N–H and O–H groups in total. The van der Waals surface area contributed by atoms with Gasteiger partial charge in [0.05, 0.1) is 6.20 Å². The van der Waals surface area contributed by atoms with Crippen molar-refractivity contribution in [2.45, 2.75) is 18.3 Å². The van der Waals surface area contributed by atoms with Crippen molar-refractivity contribution in [2.24, 2.45) is 7.05 Å². The largest absolute Gasteiger partial charge is 0.381 e. The van der Waals surface area contributed by atoms with Gasteiger partial charge in [0.1, 0.15) is 10.7 Å². The molecule has 28 heavy (non-hydrogen) atoms. The van der Waals surface area contributed by atoms with E-state index < -0.39 is 0 Å². The number of aryl methyl sites for hydroxylation is 1. The number of amides is 1. The van der Waals surface area contributed by atoms with Crippen LogP contribution in [0.4, 0.5) is 0 Å². The summed E-state index contributed by atoms with van der Waals surface area (Å²) in [5.74, 6) is -0.167. The Balaban J connectivity index is 1.50. The van der Waals surface area contributed by atoms with Crippen LogP contribution >= 0.6 is 22.9 Å². The summed E-state index contributed by atoms with van der Waals surface area (Å²) in [6.07, 6.45) is 5.31. The maximum atomic E-state index is 12.7. The van der Waals surface area contributed by atoms with Gasteiger partial charge in [-0.3, -0.25) is 9.48 Å². The molecule has 4 rings (SSSR count). The standard InChI is InChI=1S/C20H21ClN4O2S/c1-25-11-14(10-23-25)19-24-17(12-28-19)18(26)22-13-20(5-7-27-8-6-20)15-3-2-4-16(21)9-15/h2-4,9-12H,5-8,13H2,1H3,(H,22,26). The zero-order valence-corrected chi connectivity index (χ0v) is 17.1. The molecule has 8 heteroatoms. The smallest absolute Gasteiger partial charge is 0.270 e. The number of nitrogens with zero attached hydrogens (tertiary/aromatic N) is 3. The highest BCUT2D eigenvalue weighted by atomic mass is 35.5. The Morgan fingerprint density at radius 1 is 1.39 bits per heavy atom. The van der Waals surface area contributed by atoms with Crippen molar-refractivity contribution in [2.75, 3.05) is 19.8 Å². The number of hydrogen-bond donors (Lipinski definition) is 1. The van der Waals surface area contributed by atoms with E-state index in [2.05, 4.69) is 21.5 Å². The van der Waals surface area contributed by atoms with E-state index in [-0.39, 0.29) is 11.3 Å². The molecule has 1 saturated heterocycles. The number of nitrogens with one attached hydrogen (secondary N) is 1. The molecule has 3 aromatic rings. The van der Waals surface area contributed by atoms with Crippen molar-refractivity contribution in [3.8, 4) is 10.6 Å². The lowest BCUT2D eigenvalue weighted by molar-refractivity contribution is 0.0487. The number of carbonyl (C=O) groups is 1. The summed E-state index contributed by atoms with van der Waals surface area (Å²) in [6.45, 7) is 1.86. The minimum absolute atomic E-state index is 0.167. The van der Waals surface area contributed by atoms with E-state index in [1.165, 1.54) is 11.3 Å². The van der Waals surface area contributed by atoms with Crippen LogP contribution in [0.25, 0.3) is 10.6 Å². The molecule has 3 heterocycles. The van der Waals surface area contributed by atoms with Gasteiger partial charge in [-0.1, -0.05) is 23.7 Å². The molecular weight excluding hydrogens is 396 g/mol. The topological polar surface area (TPSA) is 69.0 Å². The minimum Gasteiger partial charge on any atom is -0.381 e. The molecule has 2 aromatic heterocycles. The molecule has 1 aliphatic rings. The van der Waals surface area contributed by atoms with E-state index >= 15 is 0 Å². The number of benzene rings is 1. The molecule has 146 valence electrons. The summed E-state index contributed by atoms with van der Waals surface area (Å²) in [6, 6.07) is 7.89. The van der Waals surface area contributed by atoms with Crippen LogP contribution in [0.1, 0.15) is 28.9 Å². The Kier molecular flexibility index (Phi) is 5.48. The zero-order valence-electron chi connectivity index (χ0n) is 15.5. The average Bonchev–Trinajstić information content (AvgIpc) is 3.36. The highest BCUT2D eigenvalue weighted by Crippen LogP contribution is 2.35. The van der Waals surface area contributed by atoms with Gasteiger partial charge in [-0.25, -0.2) is 4.98 Å². The molecular formula is C20H21ClN4O2S. The van der Waals surface area contributed by atoms with Gasteiger partial charge < -0.3 is 10.1 Å². The second-order valence-electron chi connectivity index (χ2n) is 7.03. The molecule has 0 saturated carbocycles. The number of aromatic nitrogens is 3. The summed E-state index contributed by atoms with van der Waals surface area (Å²) >= 11 is 7.65. The van der Waals surface area contributed by atoms with Crippen LogP contribution in [0.5, 0.6) is 0 Å². The number of rotatable bonds is 5. The third kappa shape index (κ3) is 3.97. The first-order chi connectivity index (χ1) is 13.6. The normalized spacial score (nSPS) is 16.1. The van der Waals surface area contributed by atoms with Gasteiger partial charge in [0.15, 0.2) is 0 Å². The number of carbonyl (C=O) groups excluding carboxylic acids is 1. The highest BCUT2D eigenvalue weighted by molar-refractivity contribution is 7.13. The monoisotopic (exact) mass is 416 g/mol. The first kappa shape index (κ1) is 19.1. The van der Waals surface area contributed by atoms with Crippen molar-refractivity contribution in [1.82, 2.24) is 20.1 Å². The minimum atomic E-state index is -0.180. The van der Waals surface area contributed by atoms with Gasteiger partial charge >= 0.3 is 0 Å². The van der Waals surface area contributed by atoms with E-state index in [4.69, 9.17) is 16.3 Å². The van der Waals surface area contributed by atoms with Crippen LogP contribution in [-0.4, -0.2) is 40.4 Å². The van der Waals surface area contributed by atoms with E-state index in [9.17, 15) is 4.79 Å². The first-order valence-electron chi connectivity index (χ1n) is 9.12. The molecule has 0 spiro atoms. The highest BCUT2D eigenvalue weighted by Gasteiger charge is 2.35. The van der Waals surface area contributed by atoms with Crippen LogP contribution in [-0.2, 0) is 17.2 Å². The lowest BCUT2D eigenvalue weighted by Gasteiger charge is -2.38. The Hall–Kier alpha value is -2.22. The third-order valence-electron chi connectivity index (χ3n) is 5.16. The predicted octanol–water partition coefficient (Wildman–Crippen LogP) is 3.68. The SMILES string of the molecule is Cn1cc(-c2nc(C(=O)NCC3(c4cccc(Cl)c4)CCOCC3)cs2)cn1. The molecule has 1 aromatic carbocycles. The fraction of sp³-hybridized carbons (Fsp3) is 0.350. The van der Waals surface area contributed by atoms with E-state index in [1.807, 2.05) is 31.4 Å². The van der Waals surface area contributed by atoms with Crippen LogP contribution in [0.15, 0.2) is 42.0 Å². The second kappa shape index (κ2) is 8.03. The van der Waals surface area contributed by atoms with Crippen molar-refractivity contribution in [1.29, 1.82) is 0 Å². The van der Waals surface area contributed by atoms with Crippen molar-refractivity contribution >= 4 is 28.8 Å². The van der Waals surface area contributed by atoms with Crippen LogP contribution < -0.4 is 5.32 Å². The number of hydrogen-bond acceptors (Lipinski definition) is 5. The molecule has 0 bridgehead atoms. The molecule has 0 aliphatic carbocycles. The van der Waals surface area contributed by atoms with Crippen molar-refractivity contribution in [3.05, 3.63) is 58.3 Å². The predicted molar refractivity (Wildman–Crippen MR) is 110 cm³/mol. The third-order valence-corrected chi connectivity index (χ3v) is 6.29.